The van der Waals surface area contributed by atoms with E-state index in [1.165, 1.54) is 0 Å². The van der Waals surface area contributed by atoms with Crippen LogP contribution in [0, 0.1) is 0 Å². The van der Waals surface area contributed by atoms with Crippen molar-refractivity contribution in [1.82, 2.24) is 9.80 Å². The number of hydrogen-bond donors (Lipinski definition) is 0. The number of carbonyl (C=O) groups is 1. The molecule has 2 aliphatic heterocycles. The van der Waals surface area contributed by atoms with Gasteiger partial charge in [0.15, 0.2) is 5.11 Å². The fourth-order valence-corrected chi connectivity index (χ4v) is 3.30. The lowest BCUT2D eigenvalue weighted by Gasteiger charge is -2.17. The highest BCUT2D eigenvalue weighted by Gasteiger charge is 2.44. The number of amides is 1. The van der Waals surface area contributed by atoms with E-state index in [0.29, 0.717) is 0 Å². The first-order chi connectivity index (χ1) is 6.25. The van der Waals surface area contributed by atoms with Gasteiger partial charge in [-0.2, -0.15) is 0 Å². The summed E-state index contributed by atoms with van der Waals surface area (Å²) in [5.74, 6) is 1.99. The van der Waals surface area contributed by atoms with Crippen molar-refractivity contribution in [3.8, 4) is 0 Å². The lowest BCUT2D eigenvalue weighted by molar-refractivity contribution is -0.127. The molecule has 0 aromatic carbocycles. The van der Waals surface area contributed by atoms with Gasteiger partial charge >= 0.3 is 0 Å². The summed E-state index contributed by atoms with van der Waals surface area (Å²) in [5, 5.41) is 0.738. The molecule has 2 heterocycles. The predicted molar refractivity (Wildman–Crippen MR) is 57.6 cm³/mol. The van der Waals surface area contributed by atoms with Gasteiger partial charge in [0, 0.05) is 12.3 Å². The van der Waals surface area contributed by atoms with Crippen molar-refractivity contribution in [2.75, 3.05) is 18.2 Å². The smallest absolute Gasteiger partial charge is 0.252 e. The Morgan fingerprint density at radius 1 is 1.69 bits per heavy atom. The van der Waals surface area contributed by atoms with Gasteiger partial charge < -0.3 is 4.90 Å². The fourth-order valence-electron chi connectivity index (χ4n) is 1.69. The van der Waals surface area contributed by atoms with Crippen molar-refractivity contribution in [1.29, 1.82) is 0 Å². The molecule has 5 heteroatoms. The Kier molecular flexibility index (Phi) is 2.47. The van der Waals surface area contributed by atoms with Crippen LogP contribution in [0.25, 0.3) is 0 Å². The second-order valence-electron chi connectivity index (χ2n) is 3.26. The number of carbonyl (C=O) groups excluding carboxylic acids is 1. The number of rotatable bonds is 2. The summed E-state index contributed by atoms with van der Waals surface area (Å²) in [5.41, 5.74) is 0. The molecule has 0 bridgehead atoms. The van der Waals surface area contributed by atoms with Crippen molar-refractivity contribution in [2.45, 2.75) is 19.4 Å². The summed E-state index contributed by atoms with van der Waals surface area (Å²) in [6, 6.07) is 0.0454. The van der Waals surface area contributed by atoms with E-state index in [-0.39, 0.29) is 11.9 Å². The van der Waals surface area contributed by atoms with Gasteiger partial charge in [0.2, 0.25) is 0 Å². The van der Waals surface area contributed by atoms with Gasteiger partial charge in [-0.3, -0.25) is 9.69 Å². The molecule has 72 valence electrons. The van der Waals surface area contributed by atoms with Gasteiger partial charge in [-0.15, -0.1) is 11.8 Å². The maximum atomic E-state index is 11.8. The third-order valence-electron chi connectivity index (χ3n) is 2.36. The zero-order valence-corrected chi connectivity index (χ0v) is 9.16. The van der Waals surface area contributed by atoms with Crippen LogP contribution in [-0.2, 0) is 4.79 Å². The molecule has 0 aromatic rings. The molecule has 0 aromatic heterocycles. The van der Waals surface area contributed by atoms with Crippen LogP contribution in [0.4, 0.5) is 0 Å². The van der Waals surface area contributed by atoms with E-state index in [4.69, 9.17) is 12.2 Å². The number of nitrogens with zero attached hydrogens (tertiary/aromatic N) is 2. The second kappa shape index (κ2) is 3.46. The third-order valence-corrected chi connectivity index (χ3v) is 3.82. The number of thiocarbonyl (C=S) groups is 1. The van der Waals surface area contributed by atoms with E-state index < -0.39 is 0 Å². The normalized spacial score (nSPS) is 27.3. The average Bonchev–Trinajstić information content (AvgIpc) is 2.66. The summed E-state index contributed by atoms with van der Waals surface area (Å²) in [4.78, 5) is 15.6. The molecule has 0 spiro atoms. The van der Waals surface area contributed by atoms with Crippen LogP contribution < -0.4 is 0 Å². The van der Waals surface area contributed by atoms with Gasteiger partial charge in [-0.25, -0.2) is 0 Å². The fraction of sp³-hybridized carbons (Fsp3) is 0.750. The quantitative estimate of drug-likeness (QED) is 0.640. The second-order valence-corrected chi connectivity index (χ2v) is 4.62. The summed E-state index contributed by atoms with van der Waals surface area (Å²) < 4.78 is 0. The van der Waals surface area contributed by atoms with Crippen LogP contribution in [0.3, 0.4) is 0 Å². The van der Waals surface area contributed by atoms with Crippen LogP contribution in [0.2, 0.25) is 0 Å². The van der Waals surface area contributed by atoms with Crippen LogP contribution in [0.15, 0.2) is 0 Å². The zero-order chi connectivity index (χ0) is 9.42. The van der Waals surface area contributed by atoms with Crippen LogP contribution >= 0.6 is 24.0 Å². The molecule has 0 radical (unpaired) electrons. The molecular formula is C8H12N2OS2. The van der Waals surface area contributed by atoms with Crippen molar-refractivity contribution >= 4 is 35.0 Å². The minimum Gasteiger partial charge on any atom is -0.327 e. The number of hydrogen-bond acceptors (Lipinski definition) is 3. The molecule has 2 fully saturated rings. The summed E-state index contributed by atoms with van der Waals surface area (Å²) in [6.07, 6.45) is 0.972. The van der Waals surface area contributed by atoms with Gasteiger partial charge in [0.1, 0.15) is 6.04 Å². The molecule has 2 saturated heterocycles. The molecule has 2 rings (SSSR count). The topological polar surface area (TPSA) is 23.6 Å². The number of fused-ring (bicyclic) bond motifs is 1. The molecule has 13 heavy (non-hydrogen) atoms. The van der Waals surface area contributed by atoms with E-state index in [1.807, 2.05) is 4.90 Å². The number of thioether (sulfide) groups is 1. The molecular weight excluding hydrogens is 204 g/mol. The standard InChI is InChI=1S/C8H12N2OS2/c1-2-3-9-7(11)6-4-13-5-10(6)8(9)12/h6H,2-5H2,1H3. The molecule has 1 amide bonds. The van der Waals surface area contributed by atoms with Gasteiger partial charge in [-0.1, -0.05) is 6.92 Å². The molecule has 0 N–H and O–H groups in total. The average molecular weight is 216 g/mol. The molecule has 0 aliphatic carbocycles. The SMILES string of the molecule is CCCN1C(=O)C2CSCN2C1=S. The molecule has 2 aliphatic rings. The molecule has 3 nitrogen and oxygen atoms in total. The first kappa shape index (κ1) is 9.27. The highest BCUT2D eigenvalue weighted by molar-refractivity contribution is 7.99. The van der Waals surface area contributed by atoms with E-state index in [2.05, 4.69) is 6.92 Å². The van der Waals surface area contributed by atoms with Gasteiger partial charge in [0.25, 0.3) is 5.91 Å². The van der Waals surface area contributed by atoms with Crippen molar-refractivity contribution in [3.63, 3.8) is 0 Å². The Morgan fingerprint density at radius 2 is 2.46 bits per heavy atom. The summed E-state index contributed by atoms with van der Waals surface area (Å²) in [7, 11) is 0. The lowest BCUT2D eigenvalue weighted by Crippen LogP contribution is -2.33. The minimum absolute atomic E-state index is 0.0454. The van der Waals surface area contributed by atoms with Crippen molar-refractivity contribution in [2.24, 2.45) is 0 Å². The Morgan fingerprint density at radius 3 is 3.08 bits per heavy atom. The lowest BCUT2D eigenvalue weighted by atomic mass is 10.3. The summed E-state index contributed by atoms with van der Waals surface area (Å²) in [6.45, 7) is 2.84. The maximum Gasteiger partial charge on any atom is 0.252 e. The Balaban J connectivity index is 2.16. The predicted octanol–water partition coefficient (Wildman–Crippen LogP) is 0.898. The van der Waals surface area contributed by atoms with E-state index in [9.17, 15) is 4.79 Å². The maximum absolute atomic E-state index is 11.8. The van der Waals surface area contributed by atoms with Crippen molar-refractivity contribution in [3.05, 3.63) is 0 Å². The van der Waals surface area contributed by atoms with E-state index >= 15 is 0 Å². The molecule has 1 unspecified atom stereocenters. The Bertz CT molecular complexity index is 235. The highest BCUT2D eigenvalue weighted by atomic mass is 32.2. The van der Waals surface area contributed by atoms with E-state index in [1.54, 1.807) is 16.7 Å². The first-order valence-corrected chi connectivity index (χ1v) is 6.01. The van der Waals surface area contributed by atoms with Crippen LogP contribution in [-0.4, -0.2) is 45.0 Å². The third kappa shape index (κ3) is 1.34. The zero-order valence-electron chi connectivity index (χ0n) is 7.52. The van der Waals surface area contributed by atoms with Crippen LogP contribution in [0.1, 0.15) is 13.3 Å². The van der Waals surface area contributed by atoms with Gasteiger partial charge in [0.05, 0.1) is 5.88 Å². The molecule has 0 saturated carbocycles. The minimum atomic E-state index is 0.0454. The Labute approximate surface area is 87.4 Å². The first-order valence-electron chi connectivity index (χ1n) is 4.45. The largest absolute Gasteiger partial charge is 0.327 e. The van der Waals surface area contributed by atoms with Crippen LogP contribution in [0.5, 0.6) is 0 Å². The monoisotopic (exact) mass is 216 g/mol. The molecule has 1 atom stereocenters. The summed E-state index contributed by atoms with van der Waals surface area (Å²) >= 11 is 7.02. The Hall–Kier alpha value is -0.290. The van der Waals surface area contributed by atoms with Crippen molar-refractivity contribution < 1.29 is 4.79 Å². The highest BCUT2D eigenvalue weighted by Crippen LogP contribution is 2.29. The van der Waals surface area contributed by atoms with Gasteiger partial charge in [-0.05, 0) is 18.6 Å². The van der Waals surface area contributed by atoms with E-state index in [0.717, 1.165) is 29.7 Å².